The third-order valence-corrected chi connectivity index (χ3v) is 5.54. The largest absolute Gasteiger partial charge is 0.408 e. The zero-order valence-corrected chi connectivity index (χ0v) is 19.9. The molecule has 13 heteroatoms. The van der Waals surface area contributed by atoms with Crippen LogP contribution >= 0.6 is 0 Å². The highest BCUT2D eigenvalue weighted by Gasteiger charge is 2.29. The Labute approximate surface area is 208 Å². The van der Waals surface area contributed by atoms with Gasteiger partial charge in [0.2, 0.25) is 0 Å². The average Bonchev–Trinajstić information content (AvgIpc) is 3.41. The number of carbonyl (C=O) groups excluding carboxylic acids is 1. The predicted octanol–water partition coefficient (Wildman–Crippen LogP) is 4.59. The minimum absolute atomic E-state index is 0.238. The molecule has 0 saturated heterocycles. The van der Waals surface area contributed by atoms with Gasteiger partial charge in [0.05, 0.1) is 34.3 Å². The Bertz CT molecular complexity index is 1620. The maximum Gasteiger partial charge on any atom is 0.408 e. The summed E-state index contributed by atoms with van der Waals surface area (Å²) < 4.78 is 41.2. The zero-order valence-electron chi connectivity index (χ0n) is 19.9. The van der Waals surface area contributed by atoms with Gasteiger partial charge in [0, 0.05) is 23.4 Å². The van der Waals surface area contributed by atoms with E-state index in [0.717, 1.165) is 10.4 Å². The van der Waals surface area contributed by atoms with E-state index in [2.05, 4.69) is 35.6 Å². The number of carbonyl (C=O) groups is 1. The molecule has 0 aliphatic carbocycles. The molecule has 10 nitrogen and oxygen atoms in total. The quantitative estimate of drug-likeness (QED) is 0.332. The third-order valence-electron chi connectivity index (χ3n) is 5.54. The molecule has 0 bridgehead atoms. The number of imidazole rings is 1. The van der Waals surface area contributed by atoms with E-state index in [0.29, 0.717) is 39.7 Å². The monoisotopic (exact) mass is 507 g/mol. The summed E-state index contributed by atoms with van der Waals surface area (Å²) in [7, 11) is 0. The highest BCUT2D eigenvalue weighted by molar-refractivity contribution is 6.00. The number of aromatic nitrogens is 8. The van der Waals surface area contributed by atoms with E-state index < -0.39 is 12.7 Å². The summed E-state index contributed by atoms with van der Waals surface area (Å²) in [5.41, 5.74) is 3.21. The number of Topliss-reactive ketones (excluding diaryl/α,β-unsaturated/α-hetero) is 1. The smallest absolute Gasteiger partial charge is 0.323 e. The van der Waals surface area contributed by atoms with Gasteiger partial charge in [0.1, 0.15) is 24.5 Å². The van der Waals surface area contributed by atoms with Crippen LogP contribution in [0.3, 0.4) is 0 Å². The molecular formula is C24H20F3N9O. The molecule has 0 spiro atoms. The van der Waals surface area contributed by atoms with Crippen molar-refractivity contribution in [1.29, 1.82) is 0 Å². The van der Waals surface area contributed by atoms with Crippen molar-refractivity contribution in [2.45, 2.75) is 33.5 Å². The van der Waals surface area contributed by atoms with Crippen molar-refractivity contribution in [3.05, 3.63) is 66.0 Å². The van der Waals surface area contributed by atoms with Crippen molar-refractivity contribution in [2.24, 2.45) is 0 Å². The number of hydrogen-bond donors (Lipinski definition) is 1. The second-order valence-corrected chi connectivity index (χ2v) is 8.42. The van der Waals surface area contributed by atoms with E-state index in [-0.39, 0.29) is 17.0 Å². The third kappa shape index (κ3) is 5.01. The van der Waals surface area contributed by atoms with Crippen molar-refractivity contribution >= 4 is 28.5 Å². The number of rotatable bonds is 6. The molecule has 0 saturated carbocycles. The summed E-state index contributed by atoms with van der Waals surface area (Å²) in [6.07, 6.45) is -0.0157. The number of pyridine rings is 2. The summed E-state index contributed by atoms with van der Waals surface area (Å²) in [6.45, 7) is 3.54. The number of fused-ring (bicyclic) bond motifs is 1. The molecule has 0 amide bonds. The van der Waals surface area contributed by atoms with Gasteiger partial charge in [-0.25, -0.2) is 15.0 Å². The lowest BCUT2D eigenvalue weighted by Gasteiger charge is -2.10. The van der Waals surface area contributed by atoms with E-state index in [4.69, 9.17) is 0 Å². The van der Waals surface area contributed by atoms with Crippen molar-refractivity contribution in [3.63, 3.8) is 0 Å². The Morgan fingerprint density at radius 1 is 1.05 bits per heavy atom. The molecule has 5 heterocycles. The lowest BCUT2D eigenvalue weighted by molar-refractivity contribution is -0.142. The van der Waals surface area contributed by atoms with Gasteiger partial charge in [-0.2, -0.15) is 23.4 Å². The van der Waals surface area contributed by atoms with Gasteiger partial charge in [0.15, 0.2) is 11.6 Å². The van der Waals surface area contributed by atoms with Crippen molar-refractivity contribution in [2.75, 3.05) is 5.32 Å². The number of ketones is 1. The maximum absolute atomic E-state index is 12.9. The molecule has 1 N–H and O–H groups in total. The summed E-state index contributed by atoms with van der Waals surface area (Å²) >= 11 is 0. The van der Waals surface area contributed by atoms with Gasteiger partial charge in [0.25, 0.3) is 0 Å². The first kappa shape index (κ1) is 24.0. The van der Waals surface area contributed by atoms with Crippen LogP contribution in [0.15, 0.2) is 49.1 Å². The average molecular weight is 507 g/mol. The first-order chi connectivity index (χ1) is 17.6. The highest BCUT2D eigenvalue weighted by Crippen LogP contribution is 2.29. The van der Waals surface area contributed by atoms with Crippen LogP contribution in [0.1, 0.15) is 28.7 Å². The molecule has 188 valence electrons. The molecule has 5 aromatic rings. The SMILES string of the molecule is CC(=O)c1ccc(-n2cnc3cc(Nc4ccc(C)nn4)ncc32)nc1-c1cn(CC(F)(F)F)nc1C. The van der Waals surface area contributed by atoms with Crippen LogP contribution in [-0.2, 0) is 6.54 Å². The molecule has 0 aliphatic heterocycles. The van der Waals surface area contributed by atoms with E-state index in [1.807, 2.05) is 13.0 Å². The van der Waals surface area contributed by atoms with Crippen LogP contribution in [0.5, 0.6) is 0 Å². The van der Waals surface area contributed by atoms with Gasteiger partial charge in [-0.15, -0.1) is 5.10 Å². The lowest BCUT2D eigenvalue weighted by atomic mass is 10.0. The highest BCUT2D eigenvalue weighted by atomic mass is 19.4. The van der Waals surface area contributed by atoms with Gasteiger partial charge in [-0.05, 0) is 45.0 Å². The van der Waals surface area contributed by atoms with Gasteiger partial charge < -0.3 is 5.32 Å². The second-order valence-electron chi connectivity index (χ2n) is 8.42. The van der Waals surface area contributed by atoms with Crippen LogP contribution in [0, 0.1) is 13.8 Å². The van der Waals surface area contributed by atoms with Crippen LogP contribution in [-0.4, -0.2) is 51.5 Å². The van der Waals surface area contributed by atoms with Crippen molar-refractivity contribution < 1.29 is 18.0 Å². The summed E-state index contributed by atoms with van der Waals surface area (Å²) in [5, 5.41) is 15.1. The summed E-state index contributed by atoms with van der Waals surface area (Å²) in [6, 6.07) is 8.58. The molecular weight excluding hydrogens is 487 g/mol. The number of alkyl halides is 3. The maximum atomic E-state index is 12.9. The van der Waals surface area contributed by atoms with E-state index in [1.54, 1.807) is 48.3 Å². The van der Waals surface area contributed by atoms with Crippen molar-refractivity contribution in [1.82, 2.24) is 39.5 Å². The summed E-state index contributed by atoms with van der Waals surface area (Å²) in [4.78, 5) is 25.8. The Morgan fingerprint density at radius 3 is 2.57 bits per heavy atom. The molecule has 0 aromatic carbocycles. The first-order valence-corrected chi connectivity index (χ1v) is 11.1. The fraction of sp³-hybridized carbons (Fsp3) is 0.208. The van der Waals surface area contributed by atoms with E-state index in [9.17, 15) is 18.0 Å². The lowest BCUT2D eigenvalue weighted by Crippen LogP contribution is -2.17. The number of halogens is 3. The minimum Gasteiger partial charge on any atom is -0.323 e. The van der Waals surface area contributed by atoms with E-state index >= 15 is 0 Å². The second kappa shape index (κ2) is 9.08. The van der Waals surface area contributed by atoms with Crippen molar-refractivity contribution in [3.8, 4) is 17.1 Å². The minimum atomic E-state index is -4.43. The molecule has 5 aromatic heterocycles. The molecule has 5 rings (SSSR count). The Hall–Kier alpha value is -4.68. The van der Waals surface area contributed by atoms with Gasteiger partial charge in [-0.1, -0.05) is 0 Å². The first-order valence-electron chi connectivity index (χ1n) is 11.1. The molecule has 37 heavy (non-hydrogen) atoms. The Balaban J connectivity index is 1.53. The number of hydrogen-bond acceptors (Lipinski definition) is 8. The molecule has 0 fully saturated rings. The summed E-state index contributed by atoms with van der Waals surface area (Å²) in [5.74, 6) is 1.19. The van der Waals surface area contributed by atoms with E-state index in [1.165, 1.54) is 13.1 Å². The topological polar surface area (TPSA) is 116 Å². The van der Waals surface area contributed by atoms with Crippen LogP contribution in [0.4, 0.5) is 24.8 Å². The standard InChI is InChI=1S/C24H20F3N9O/c1-13-4-6-20(33-32-13)30-21-8-18-19(9-28-21)36(12-29-18)22-7-5-16(15(3)37)23(31-22)17-10-35(34-14(17)2)11-24(25,26)27/h4-10,12H,11H2,1-3H3,(H,28,30,33). The fourth-order valence-electron chi connectivity index (χ4n) is 3.84. The van der Waals surface area contributed by atoms with Gasteiger partial charge in [-0.3, -0.25) is 14.0 Å². The number of anilines is 2. The Morgan fingerprint density at radius 2 is 1.86 bits per heavy atom. The molecule has 0 aliphatic rings. The fourth-order valence-corrected chi connectivity index (χ4v) is 3.84. The number of nitrogens with zero attached hydrogens (tertiary/aromatic N) is 8. The normalized spacial score (nSPS) is 11.7. The van der Waals surface area contributed by atoms with Gasteiger partial charge >= 0.3 is 6.18 Å². The molecule has 0 unspecified atom stereocenters. The van der Waals surface area contributed by atoms with Crippen LogP contribution in [0.2, 0.25) is 0 Å². The predicted molar refractivity (Wildman–Crippen MR) is 129 cm³/mol. The molecule has 0 atom stereocenters. The van der Waals surface area contributed by atoms with Crippen LogP contribution < -0.4 is 5.32 Å². The Kier molecular flexibility index (Phi) is 5.90. The molecule has 0 radical (unpaired) electrons. The zero-order chi connectivity index (χ0) is 26.3. The number of aryl methyl sites for hydroxylation is 2. The number of nitrogens with one attached hydrogen (secondary N) is 1. The van der Waals surface area contributed by atoms with Crippen LogP contribution in [0.25, 0.3) is 28.1 Å².